The molecule has 0 saturated carbocycles. The lowest BCUT2D eigenvalue weighted by atomic mass is 9.78. The predicted octanol–water partition coefficient (Wildman–Crippen LogP) is 6.50. The van der Waals surface area contributed by atoms with Crippen LogP contribution in [0.25, 0.3) is 11.3 Å². The first-order valence-corrected chi connectivity index (χ1v) is 12.6. The highest BCUT2D eigenvalue weighted by Gasteiger charge is 2.31. The Hall–Kier alpha value is -1.48. The van der Waals surface area contributed by atoms with Crippen LogP contribution in [0.3, 0.4) is 0 Å². The maximum absolute atomic E-state index is 6.65. The second-order valence-electron chi connectivity index (χ2n) is 10.1. The van der Waals surface area contributed by atoms with Crippen LogP contribution in [0.1, 0.15) is 52.7 Å². The van der Waals surface area contributed by atoms with Crippen LogP contribution in [-0.2, 0) is 17.9 Å². The molecule has 1 heterocycles. The van der Waals surface area contributed by atoms with Gasteiger partial charge in [0.15, 0.2) is 0 Å². The number of rotatable bonds is 3. The Morgan fingerprint density at radius 1 is 0.880 bits per heavy atom. The van der Waals surface area contributed by atoms with Crippen LogP contribution < -0.4 is 4.43 Å². The molecule has 2 rings (SSSR count). The monoisotopic (exact) mass is 357 g/mol. The van der Waals surface area contributed by atoms with Crippen LogP contribution in [0.4, 0.5) is 0 Å². The molecule has 138 valence electrons. The average molecular weight is 358 g/mol. The highest BCUT2D eigenvalue weighted by atomic mass is 28.4. The summed E-state index contributed by atoms with van der Waals surface area (Å²) in [6.07, 6.45) is 2.11. The lowest BCUT2D eigenvalue weighted by Crippen LogP contribution is -2.32. The van der Waals surface area contributed by atoms with E-state index in [4.69, 9.17) is 4.43 Å². The highest BCUT2D eigenvalue weighted by molar-refractivity contribution is 6.70. The smallest absolute Gasteiger partial charge is 0.242 e. The lowest BCUT2D eigenvalue weighted by Gasteiger charge is -2.34. The fourth-order valence-electron chi connectivity index (χ4n) is 3.07. The first-order valence-electron chi connectivity index (χ1n) is 9.20. The third-order valence-corrected chi connectivity index (χ3v) is 5.17. The van der Waals surface area contributed by atoms with E-state index in [1.807, 2.05) is 0 Å². The Balaban J connectivity index is 2.84. The molecular formula is C22H35NOSi. The first-order chi connectivity index (χ1) is 11.2. The van der Waals surface area contributed by atoms with E-state index in [1.165, 1.54) is 22.4 Å². The molecule has 0 atom stereocenters. The van der Waals surface area contributed by atoms with Gasteiger partial charge in [0, 0.05) is 18.9 Å². The Morgan fingerprint density at radius 3 is 1.68 bits per heavy atom. The van der Waals surface area contributed by atoms with Crippen molar-refractivity contribution in [2.45, 2.75) is 72.0 Å². The maximum atomic E-state index is 6.65. The number of benzene rings is 1. The molecule has 2 aromatic rings. The van der Waals surface area contributed by atoms with Gasteiger partial charge in [-0.15, -0.1) is 0 Å². The summed E-state index contributed by atoms with van der Waals surface area (Å²) >= 11 is 0. The van der Waals surface area contributed by atoms with Crippen LogP contribution in [0.15, 0.2) is 30.5 Å². The molecule has 1 aromatic heterocycles. The summed E-state index contributed by atoms with van der Waals surface area (Å²) in [4.78, 5) is 0. The molecule has 0 amide bonds. The van der Waals surface area contributed by atoms with Gasteiger partial charge in [-0.25, -0.2) is 0 Å². The number of hydrogen-bond donors (Lipinski definition) is 0. The van der Waals surface area contributed by atoms with Crippen molar-refractivity contribution in [3.8, 4) is 17.0 Å². The number of aromatic nitrogens is 1. The van der Waals surface area contributed by atoms with Crippen molar-refractivity contribution in [3.63, 3.8) is 0 Å². The van der Waals surface area contributed by atoms with Crippen molar-refractivity contribution < 1.29 is 4.43 Å². The van der Waals surface area contributed by atoms with E-state index in [-0.39, 0.29) is 10.8 Å². The van der Waals surface area contributed by atoms with E-state index < -0.39 is 8.32 Å². The predicted molar refractivity (Wildman–Crippen MR) is 112 cm³/mol. The van der Waals surface area contributed by atoms with E-state index in [0.29, 0.717) is 0 Å². The number of nitrogens with zero attached hydrogens (tertiary/aromatic N) is 1. The van der Waals surface area contributed by atoms with Gasteiger partial charge in [-0.05, 0) is 71.4 Å². The van der Waals surface area contributed by atoms with E-state index in [2.05, 4.69) is 103 Å². The Bertz CT molecular complexity index is 717. The Kier molecular flexibility index (Phi) is 5.04. The zero-order valence-corrected chi connectivity index (χ0v) is 18.7. The highest BCUT2D eigenvalue weighted by Crippen LogP contribution is 2.43. The number of hydrogen-bond acceptors (Lipinski definition) is 1. The normalized spacial score (nSPS) is 13.2. The average Bonchev–Trinajstić information content (AvgIpc) is 2.80. The molecule has 0 N–H and O–H groups in total. The molecule has 0 saturated heterocycles. The fraction of sp³-hybridized carbons (Fsp3) is 0.545. The van der Waals surface area contributed by atoms with Crippen molar-refractivity contribution in [3.05, 3.63) is 41.6 Å². The summed E-state index contributed by atoms with van der Waals surface area (Å²) in [5.74, 6) is 1.11. The van der Waals surface area contributed by atoms with Crippen LogP contribution in [-0.4, -0.2) is 12.9 Å². The minimum Gasteiger partial charge on any atom is -0.544 e. The van der Waals surface area contributed by atoms with Crippen molar-refractivity contribution in [1.29, 1.82) is 0 Å². The molecule has 0 aliphatic heterocycles. The summed E-state index contributed by atoms with van der Waals surface area (Å²) in [5, 5.41) is 0. The first kappa shape index (κ1) is 19.8. The van der Waals surface area contributed by atoms with Gasteiger partial charge < -0.3 is 8.99 Å². The van der Waals surface area contributed by atoms with Gasteiger partial charge in [-0.3, -0.25) is 0 Å². The summed E-state index contributed by atoms with van der Waals surface area (Å²) in [5.41, 5.74) is 5.17. The largest absolute Gasteiger partial charge is 0.544 e. The zero-order valence-electron chi connectivity index (χ0n) is 17.7. The van der Waals surface area contributed by atoms with Crippen LogP contribution >= 0.6 is 0 Å². The van der Waals surface area contributed by atoms with E-state index in [9.17, 15) is 0 Å². The quantitative estimate of drug-likeness (QED) is 0.572. The zero-order chi connectivity index (χ0) is 19.2. The van der Waals surface area contributed by atoms with E-state index in [1.54, 1.807) is 0 Å². The molecule has 1 aromatic carbocycles. The third-order valence-electron chi connectivity index (χ3n) is 4.35. The molecule has 0 unspecified atom stereocenters. The molecule has 0 aliphatic carbocycles. The molecule has 0 spiro atoms. The summed E-state index contributed by atoms with van der Waals surface area (Å²) in [6, 6.07) is 8.96. The molecule has 3 heteroatoms. The minimum atomic E-state index is -1.72. The Morgan fingerprint density at radius 2 is 1.36 bits per heavy atom. The third kappa shape index (κ3) is 4.57. The number of aryl methyl sites for hydroxylation is 1. The van der Waals surface area contributed by atoms with Crippen LogP contribution in [0.2, 0.25) is 19.6 Å². The topological polar surface area (TPSA) is 14.2 Å². The standard InChI is InChI=1S/C22H35NOSi/c1-21(2,3)17-14-16(19-12-11-13-23(19)7)15-18(22(4,5)6)20(17)24-25(8,9)10/h11-15H,1-10H3. The van der Waals surface area contributed by atoms with Crippen molar-refractivity contribution in [2.75, 3.05) is 0 Å². The molecule has 25 heavy (non-hydrogen) atoms. The van der Waals surface area contributed by atoms with Crippen molar-refractivity contribution >= 4 is 8.32 Å². The summed E-state index contributed by atoms with van der Waals surface area (Å²) < 4.78 is 8.84. The van der Waals surface area contributed by atoms with Gasteiger partial charge in [0.05, 0.1) is 0 Å². The maximum Gasteiger partial charge on any atom is 0.242 e. The molecular weight excluding hydrogens is 322 g/mol. The molecule has 0 bridgehead atoms. The Labute approximate surface area is 155 Å². The van der Waals surface area contributed by atoms with E-state index in [0.717, 1.165) is 5.75 Å². The summed E-state index contributed by atoms with van der Waals surface area (Å²) in [7, 11) is 0.388. The fourth-order valence-corrected chi connectivity index (χ4v) is 3.90. The van der Waals surface area contributed by atoms with Crippen molar-refractivity contribution in [2.24, 2.45) is 7.05 Å². The van der Waals surface area contributed by atoms with Crippen LogP contribution in [0, 0.1) is 0 Å². The van der Waals surface area contributed by atoms with Crippen LogP contribution in [0.5, 0.6) is 5.75 Å². The summed E-state index contributed by atoms with van der Waals surface area (Å²) in [6.45, 7) is 20.5. The second-order valence-corrected chi connectivity index (χ2v) is 14.5. The van der Waals surface area contributed by atoms with Crippen molar-refractivity contribution in [1.82, 2.24) is 4.57 Å². The minimum absolute atomic E-state index is 0.0240. The van der Waals surface area contributed by atoms with Gasteiger partial charge >= 0.3 is 0 Å². The van der Waals surface area contributed by atoms with E-state index >= 15 is 0 Å². The molecule has 0 aliphatic rings. The molecule has 0 radical (unpaired) electrons. The SMILES string of the molecule is Cn1cccc1-c1cc(C(C)(C)C)c(O[Si](C)(C)C)c(C(C)(C)C)c1. The van der Waals surface area contributed by atoms with Gasteiger partial charge in [0.2, 0.25) is 8.32 Å². The molecule has 0 fully saturated rings. The van der Waals surface area contributed by atoms with Gasteiger partial charge in [0.25, 0.3) is 0 Å². The van der Waals surface area contributed by atoms with Gasteiger partial charge in [-0.1, -0.05) is 41.5 Å². The molecule has 2 nitrogen and oxygen atoms in total. The van der Waals surface area contributed by atoms with Gasteiger partial charge in [-0.2, -0.15) is 0 Å². The lowest BCUT2D eigenvalue weighted by molar-refractivity contribution is 0.478. The second kappa shape index (κ2) is 6.35. The van der Waals surface area contributed by atoms with Gasteiger partial charge in [0.1, 0.15) is 5.75 Å².